The molecule has 0 aromatic heterocycles. The minimum atomic E-state index is -0.451. The van der Waals surface area contributed by atoms with E-state index in [1.165, 1.54) is 5.01 Å². The first-order chi connectivity index (χ1) is 23.8. The summed E-state index contributed by atoms with van der Waals surface area (Å²) in [5, 5.41) is 17.8. The van der Waals surface area contributed by atoms with Crippen molar-refractivity contribution in [2.45, 2.75) is 45.4 Å². The van der Waals surface area contributed by atoms with E-state index >= 15 is 0 Å². The highest BCUT2D eigenvalue weighted by Gasteiger charge is 2.24. The van der Waals surface area contributed by atoms with Crippen LogP contribution in [0.2, 0.25) is 0 Å². The van der Waals surface area contributed by atoms with Crippen molar-refractivity contribution in [3.8, 4) is 16.9 Å². The number of phenols is 1. The van der Waals surface area contributed by atoms with E-state index in [1.807, 2.05) is 74.5 Å². The number of aromatic hydroxyl groups is 1. The Hall–Kier alpha value is -5.03. The molecule has 1 heterocycles. The van der Waals surface area contributed by atoms with E-state index in [0.29, 0.717) is 35.5 Å². The number of benzene rings is 4. The molecule has 1 unspecified atom stereocenters. The lowest BCUT2D eigenvalue weighted by molar-refractivity contribution is 0.0590. The van der Waals surface area contributed by atoms with Crippen LogP contribution in [-0.4, -0.2) is 77.7 Å². The Balaban J connectivity index is 1.04. The van der Waals surface area contributed by atoms with E-state index in [-0.39, 0.29) is 30.1 Å². The maximum absolute atomic E-state index is 13.3. The summed E-state index contributed by atoms with van der Waals surface area (Å²) in [5.41, 5.74) is 7.30. The van der Waals surface area contributed by atoms with Gasteiger partial charge in [0, 0.05) is 61.5 Å². The van der Waals surface area contributed by atoms with Crippen LogP contribution in [0.5, 0.6) is 5.75 Å². The number of ketones is 1. The van der Waals surface area contributed by atoms with Gasteiger partial charge in [0.15, 0.2) is 5.78 Å². The van der Waals surface area contributed by atoms with Crippen molar-refractivity contribution in [2.75, 3.05) is 38.0 Å². The molecule has 10 nitrogen and oxygen atoms in total. The number of hydrogen-bond donors (Lipinski definition) is 4. The van der Waals surface area contributed by atoms with Gasteiger partial charge in [0.1, 0.15) is 11.9 Å². The molecule has 4 N–H and O–H groups in total. The molecule has 4 aromatic rings. The van der Waals surface area contributed by atoms with Gasteiger partial charge in [-0.15, -0.1) is 0 Å². The zero-order chi connectivity index (χ0) is 34.6. The number of carbonyl (C=O) groups excluding carboxylic acids is 3. The number of carbonyl (C=O) groups is 3. The van der Waals surface area contributed by atoms with Gasteiger partial charge in [-0.1, -0.05) is 78.9 Å². The number of anilines is 1. The number of Topliss-reactive ketones (excluding diaryl/α,β-unsaturated/α-hetero) is 1. The van der Waals surface area contributed by atoms with Crippen LogP contribution in [0, 0.1) is 0 Å². The average molecular weight is 664 g/mol. The number of hydrogen-bond acceptors (Lipinski definition) is 8. The van der Waals surface area contributed by atoms with Gasteiger partial charge in [-0.25, -0.2) is 10.2 Å². The van der Waals surface area contributed by atoms with Crippen molar-refractivity contribution in [1.29, 1.82) is 0 Å². The molecule has 49 heavy (non-hydrogen) atoms. The Bertz CT molecular complexity index is 1710. The van der Waals surface area contributed by atoms with E-state index in [0.717, 1.165) is 43.6 Å². The molecule has 1 fully saturated rings. The lowest BCUT2D eigenvalue weighted by Gasteiger charge is -2.32. The quantitative estimate of drug-likeness (QED) is 0.0943. The molecule has 0 spiro atoms. The lowest BCUT2D eigenvalue weighted by atomic mass is 10.0. The third-order valence-electron chi connectivity index (χ3n) is 8.74. The van der Waals surface area contributed by atoms with Gasteiger partial charge in [-0.2, -0.15) is 0 Å². The van der Waals surface area contributed by atoms with E-state index < -0.39 is 12.1 Å². The highest BCUT2D eigenvalue weighted by Crippen LogP contribution is 2.28. The van der Waals surface area contributed by atoms with Crippen molar-refractivity contribution in [3.05, 3.63) is 120 Å². The number of rotatable bonds is 14. The second kappa shape index (κ2) is 17.4. The Morgan fingerprint density at radius 2 is 1.59 bits per heavy atom. The van der Waals surface area contributed by atoms with E-state index in [2.05, 4.69) is 21.0 Å². The van der Waals surface area contributed by atoms with Crippen molar-refractivity contribution in [3.63, 3.8) is 0 Å². The van der Waals surface area contributed by atoms with Crippen molar-refractivity contribution in [1.82, 2.24) is 20.7 Å². The van der Waals surface area contributed by atoms with Gasteiger partial charge in [0.05, 0.1) is 11.7 Å². The van der Waals surface area contributed by atoms with Crippen LogP contribution in [0.25, 0.3) is 11.1 Å². The standard InChI is InChI=1S/C39H45N5O5/c1-3-44(41-27-32-14-7-10-19-36(32)45)38(47)31-16-11-15-30(26-31)37(46)28(2)40-22-25-43-23-20-33(21-24-43)49-39(48)42-35-18-9-8-17-34(35)29-12-5-4-6-13-29/h4-19,26,28,33,40-41,45H,3,20-25,27H2,1-2H3,(H,42,48). The molecular formula is C39H45N5O5. The van der Waals surface area contributed by atoms with Crippen molar-refractivity contribution < 1.29 is 24.2 Å². The minimum absolute atomic E-state index is 0.0909. The number of para-hydroxylation sites is 2. The zero-order valence-corrected chi connectivity index (χ0v) is 28.1. The topological polar surface area (TPSA) is 123 Å². The van der Waals surface area contributed by atoms with E-state index in [4.69, 9.17) is 4.74 Å². The molecule has 1 aliphatic rings. The fourth-order valence-electron chi connectivity index (χ4n) is 5.91. The molecule has 1 aliphatic heterocycles. The first kappa shape index (κ1) is 35.3. The summed E-state index contributed by atoms with van der Waals surface area (Å²) < 4.78 is 5.77. The molecule has 0 aliphatic carbocycles. The first-order valence-electron chi connectivity index (χ1n) is 16.9. The third-order valence-corrected chi connectivity index (χ3v) is 8.74. The number of piperidine rings is 1. The smallest absolute Gasteiger partial charge is 0.411 e. The first-order valence-corrected chi connectivity index (χ1v) is 16.9. The van der Waals surface area contributed by atoms with Gasteiger partial charge in [-0.05, 0) is 56.5 Å². The maximum Gasteiger partial charge on any atom is 0.411 e. The third kappa shape index (κ3) is 9.76. The molecule has 256 valence electrons. The van der Waals surface area contributed by atoms with Crippen molar-refractivity contribution >= 4 is 23.5 Å². The fraction of sp³-hybridized carbons (Fsp3) is 0.308. The van der Waals surface area contributed by atoms with Crippen LogP contribution < -0.4 is 16.1 Å². The number of ether oxygens (including phenoxy) is 1. The highest BCUT2D eigenvalue weighted by atomic mass is 16.6. The minimum Gasteiger partial charge on any atom is -0.508 e. The largest absolute Gasteiger partial charge is 0.508 e. The Labute approximate surface area is 288 Å². The predicted molar refractivity (Wildman–Crippen MR) is 191 cm³/mol. The normalized spacial score (nSPS) is 14.2. The lowest BCUT2D eigenvalue weighted by Crippen LogP contribution is -2.44. The van der Waals surface area contributed by atoms with E-state index in [9.17, 15) is 19.5 Å². The summed E-state index contributed by atoms with van der Waals surface area (Å²) in [7, 11) is 0. The molecule has 1 saturated heterocycles. The molecule has 0 bridgehead atoms. The summed E-state index contributed by atoms with van der Waals surface area (Å²) >= 11 is 0. The van der Waals surface area contributed by atoms with Crippen LogP contribution in [0.15, 0.2) is 103 Å². The molecule has 10 heteroatoms. The second-order valence-electron chi connectivity index (χ2n) is 12.1. The predicted octanol–water partition coefficient (Wildman–Crippen LogP) is 6.10. The summed E-state index contributed by atoms with van der Waals surface area (Å²) in [6.45, 7) is 7.34. The van der Waals surface area contributed by atoms with Gasteiger partial charge in [0.2, 0.25) is 0 Å². The fourth-order valence-corrected chi connectivity index (χ4v) is 5.91. The van der Waals surface area contributed by atoms with Gasteiger partial charge in [0.25, 0.3) is 5.91 Å². The van der Waals surface area contributed by atoms with Crippen LogP contribution in [0.1, 0.15) is 53.0 Å². The van der Waals surface area contributed by atoms with Crippen molar-refractivity contribution in [2.24, 2.45) is 0 Å². The van der Waals surface area contributed by atoms with Crippen LogP contribution in [0.3, 0.4) is 0 Å². The SMILES string of the molecule is CCN(NCc1ccccc1O)C(=O)c1cccc(C(=O)C(C)NCCN2CCC(OC(=O)Nc3ccccc3-c3ccccc3)CC2)c1. The Kier molecular flexibility index (Phi) is 12.5. The van der Waals surface area contributed by atoms with Crippen LogP contribution in [0.4, 0.5) is 10.5 Å². The molecule has 5 rings (SSSR count). The van der Waals surface area contributed by atoms with E-state index in [1.54, 1.807) is 42.5 Å². The molecule has 2 amide bonds. The monoisotopic (exact) mass is 663 g/mol. The average Bonchev–Trinajstić information content (AvgIpc) is 3.13. The Morgan fingerprint density at radius 1 is 0.898 bits per heavy atom. The van der Waals surface area contributed by atoms with Gasteiger partial charge >= 0.3 is 6.09 Å². The number of nitrogens with one attached hydrogen (secondary N) is 3. The molecule has 1 atom stereocenters. The van der Waals surface area contributed by atoms with Gasteiger partial charge in [-0.3, -0.25) is 19.9 Å². The summed E-state index contributed by atoms with van der Waals surface area (Å²) in [5.74, 6) is -0.186. The zero-order valence-electron chi connectivity index (χ0n) is 28.1. The summed E-state index contributed by atoms with van der Waals surface area (Å²) in [6.07, 6.45) is 0.860. The van der Waals surface area contributed by atoms with Crippen LogP contribution >= 0.6 is 0 Å². The second-order valence-corrected chi connectivity index (χ2v) is 12.1. The number of nitrogens with zero attached hydrogens (tertiary/aromatic N) is 2. The summed E-state index contributed by atoms with van der Waals surface area (Å²) in [4.78, 5) is 41.6. The number of amides is 2. The Morgan fingerprint density at radius 3 is 2.35 bits per heavy atom. The molecule has 0 radical (unpaired) electrons. The number of phenolic OH excluding ortho intramolecular Hbond substituents is 1. The highest BCUT2D eigenvalue weighted by molar-refractivity contribution is 6.02. The number of hydrazine groups is 1. The molecule has 0 saturated carbocycles. The molecule has 4 aromatic carbocycles. The number of likely N-dealkylation sites (tertiary alicyclic amines) is 1. The maximum atomic E-state index is 13.3. The molecular weight excluding hydrogens is 618 g/mol. The van der Waals surface area contributed by atoms with Crippen LogP contribution in [-0.2, 0) is 11.3 Å². The van der Waals surface area contributed by atoms with Gasteiger partial charge < -0.3 is 20.1 Å². The summed E-state index contributed by atoms with van der Waals surface area (Å²) in [6, 6.07) is 30.9.